The molecule has 0 spiro atoms. The van der Waals surface area contributed by atoms with Gasteiger partial charge in [0.2, 0.25) is 0 Å². The van der Waals surface area contributed by atoms with Crippen LogP contribution in [0.3, 0.4) is 0 Å². The van der Waals surface area contributed by atoms with E-state index in [1.165, 1.54) is 30.6 Å². The van der Waals surface area contributed by atoms with E-state index in [0.717, 1.165) is 23.8 Å². The van der Waals surface area contributed by atoms with Crippen molar-refractivity contribution in [2.45, 2.75) is 50.1 Å². The number of halogens is 3. The van der Waals surface area contributed by atoms with Crippen LogP contribution in [0.15, 0.2) is 70.0 Å². The lowest BCUT2D eigenvalue weighted by molar-refractivity contribution is -0.00734. The zero-order valence-corrected chi connectivity index (χ0v) is 28.0. The van der Waals surface area contributed by atoms with Gasteiger partial charge in [-0.3, -0.25) is 9.78 Å². The molecule has 0 bridgehead atoms. The number of H-pyrrole nitrogens is 1. The molecule has 14 heteroatoms. The summed E-state index contributed by atoms with van der Waals surface area (Å²) in [5.41, 5.74) is 4.28. The number of alkyl halides is 2. The number of carbonyl (C=O) groups excluding carboxylic acids is 1. The Morgan fingerprint density at radius 1 is 1.10 bits per heavy atom. The second-order valence-corrected chi connectivity index (χ2v) is 14.1. The maximum Gasteiger partial charge on any atom is 0.434 e. The van der Waals surface area contributed by atoms with E-state index < -0.39 is 24.1 Å². The summed E-state index contributed by atoms with van der Waals surface area (Å²) in [7, 11) is 1.46. The van der Waals surface area contributed by atoms with E-state index in [-0.39, 0.29) is 29.5 Å². The van der Waals surface area contributed by atoms with Gasteiger partial charge in [-0.2, -0.15) is 0 Å². The van der Waals surface area contributed by atoms with Gasteiger partial charge in [-0.25, -0.2) is 28.0 Å². The Kier molecular flexibility index (Phi) is 7.28. The van der Waals surface area contributed by atoms with Crippen molar-refractivity contribution < 1.29 is 27.1 Å². The van der Waals surface area contributed by atoms with Crippen LogP contribution in [-0.4, -0.2) is 50.5 Å². The highest BCUT2D eigenvalue weighted by atomic mass is 32.1. The first-order valence-corrected chi connectivity index (χ1v) is 17.4. The van der Waals surface area contributed by atoms with Gasteiger partial charge in [-0.15, -0.1) is 16.4 Å². The van der Waals surface area contributed by atoms with Gasteiger partial charge in [0, 0.05) is 35.2 Å². The van der Waals surface area contributed by atoms with E-state index in [1.807, 2.05) is 11.0 Å². The second kappa shape index (κ2) is 11.8. The largest absolute Gasteiger partial charge is 0.496 e. The second-order valence-electron chi connectivity index (χ2n) is 13.0. The average Bonchev–Trinajstić information content (AvgIpc) is 3.95. The van der Waals surface area contributed by atoms with Gasteiger partial charge in [-0.1, -0.05) is 24.3 Å². The number of nitrogens with one attached hydrogen (secondary N) is 2. The van der Waals surface area contributed by atoms with Crippen LogP contribution < -0.4 is 15.8 Å². The third kappa shape index (κ3) is 5.10. The quantitative estimate of drug-likeness (QED) is 0.169. The van der Waals surface area contributed by atoms with Crippen molar-refractivity contribution in [1.82, 2.24) is 25.1 Å². The van der Waals surface area contributed by atoms with Crippen LogP contribution in [0, 0.1) is 5.82 Å². The fourth-order valence-electron chi connectivity index (χ4n) is 7.77. The Morgan fingerprint density at radius 2 is 1.94 bits per heavy atom. The minimum atomic E-state index is -3.12. The van der Waals surface area contributed by atoms with Gasteiger partial charge in [-0.05, 0) is 72.5 Å². The minimum Gasteiger partial charge on any atom is -0.496 e. The van der Waals surface area contributed by atoms with Crippen molar-refractivity contribution in [2.75, 3.05) is 19.0 Å². The average molecular weight is 711 g/mol. The van der Waals surface area contributed by atoms with Gasteiger partial charge in [0.1, 0.15) is 23.4 Å². The van der Waals surface area contributed by atoms with Crippen LogP contribution in [0.1, 0.15) is 63.4 Å². The Hall–Kier alpha value is -5.50. The fraction of sp³-hybridized carbons (Fsp3) is 0.270. The third-order valence-corrected chi connectivity index (χ3v) is 11.2. The zero-order valence-electron chi connectivity index (χ0n) is 27.1. The first kappa shape index (κ1) is 31.5. The molecule has 9 rings (SSSR count). The number of amides is 1. The summed E-state index contributed by atoms with van der Waals surface area (Å²) in [5, 5.41) is 10.3. The Labute approximate surface area is 292 Å². The number of hydrogen-bond donors (Lipinski definition) is 2. The lowest BCUT2D eigenvalue weighted by Gasteiger charge is -2.22. The maximum atomic E-state index is 15.6. The van der Waals surface area contributed by atoms with E-state index in [9.17, 15) is 14.0 Å². The minimum absolute atomic E-state index is 0.0238. The Bertz CT molecular complexity index is 2420. The first-order chi connectivity index (χ1) is 24.7. The summed E-state index contributed by atoms with van der Waals surface area (Å²) in [6.45, 7) is 0.587. The van der Waals surface area contributed by atoms with Gasteiger partial charge < -0.3 is 19.4 Å². The van der Waals surface area contributed by atoms with Crippen LogP contribution in [0.5, 0.6) is 5.75 Å². The number of carbonyl (C=O) groups is 1. The molecule has 6 heterocycles. The number of benzene rings is 2. The van der Waals surface area contributed by atoms with Gasteiger partial charge in [0.05, 0.1) is 40.4 Å². The number of ether oxygens (including phenoxy) is 1. The molecule has 0 radical (unpaired) electrons. The lowest BCUT2D eigenvalue weighted by Crippen LogP contribution is -2.28. The number of hydrogen-bond acceptors (Lipinski definition) is 9. The third-order valence-electron chi connectivity index (χ3n) is 10.1. The molecule has 3 aliphatic rings. The number of nitrogens with zero attached hydrogens (tertiary/aromatic N) is 4. The normalized spacial score (nSPS) is 18.7. The summed E-state index contributed by atoms with van der Waals surface area (Å²) in [6, 6.07) is 13.4. The molecule has 1 fully saturated rings. The molecular formula is C37H29F3N6O4S. The number of thiophene rings is 1. The summed E-state index contributed by atoms with van der Waals surface area (Å²) in [4.78, 5) is 38.5. The number of aromatic nitrogens is 4. The van der Waals surface area contributed by atoms with Gasteiger partial charge in [0.25, 0.3) is 17.7 Å². The van der Waals surface area contributed by atoms with E-state index in [4.69, 9.17) is 14.1 Å². The highest BCUT2D eigenvalue weighted by molar-refractivity contribution is 7.23. The molecule has 1 amide bonds. The summed E-state index contributed by atoms with van der Waals surface area (Å²) < 4.78 is 56.5. The molecule has 4 aromatic heterocycles. The molecule has 258 valence electrons. The number of fused-ring (bicyclic) bond motifs is 5. The van der Waals surface area contributed by atoms with E-state index >= 15 is 8.78 Å². The lowest BCUT2D eigenvalue weighted by atomic mass is 9.93. The van der Waals surface area contributed by atoms with Crippen LogP contribution in [-0.2, 0) is 19.3 Å². The number of methoxy groups -OCH3 is 1. The summed E-state index contributed by atoms with van der Waals surface area (Å²) >= 11 is 1.29. The number of aromatic amines is 1. The molecule has 2 aliphatic heterocycles. The Morgan fingerprint density at radius 3 is 2.73 bits per heavy atom. The molecule has 2 N–H and O–H groups in total. The molecule has 51 heavy (non-hydrogen) atoms. The SMILES string of the molecule is COc1cccc2c1CC(F)(F)C2Nc1nccc2cc(-c3c4c(nc(CCc5ccc(F)cc5)c3-c3n[nH]c(=O)o3)C3CCCN3C4=O)sc12. The maximum absolute atomic E-state index is 15.6. The molecule has 2 aromatic carbocycles. The number of anilines is 1. The van der Waals surface area contributed by atoms with E-state index in [2.05, 4.69) is 20.5 Å². The number of aryl methyl sites for hydroxylation is 2. The number of pyridine rings is 2. The van der Waals surface area contributed by atoms with E-state index in [1.54, 1.807) is 42.6 Å². The van der Waals surface area contributed by atoms with Crippen molar-refractivity contribution in [3.63, 3.8) is 0 Å². The summed E-state index contributed by atoms with van der Waals surface area (Å²) in [6.07, 6.45) is 3.54. The van der Waals surface area contributed by atoms with E-state index in [0.29, 0.717) is 73.9 Å². The van der Waals surface area contributed by atoms with Crippen molar-refractivity contribution in [3.05, 3.63) is 111 Å². The highest BCUT2D eigenvalue weighted by Crippen LogP contribution is 2.52. The van der Waals surface area contributed by atoms with Crippen LogP contribution in [0.25, 0.3) is 32.0 Å². The molecule has 1 saturated heterocycles. The van der Waals surface area contributed by atoms with Gasteiger partial charge >= 0.3 is 5.76 Å². The van der Waals surface area contributed by atoms with Crippen LogP contribution in [0.2, 0.25) is 0 Å². The van der Waals surface area contributed by atoms with Crippen molar-refractivity contribution in [2.24, 2.45) is 0 Å². The van der Waals surface area contributed by atoms with Crippen molar-refractivity contribution >= 4 is 33.1 Å². The van der Waals surface area contributed by atoms with Crippen molar-refractivity contribution in [1.29, 1.82) is 0 Å². The topological polar surface area (TPSA) is 126 Å². The first-order valence-electron chi connectivity index (χ1n) is 16.6. The number of rotatable bonds is 8. The summed E-state index contributed by atoms with van der Waals surface area (Å²) in [5.74, 6) is -3.75. The molecule has 2 atom stereocenters. The predicted octanol–water partition coefficient (Wildman–Crippen LogP) is 7.27. The molecule has 10 nitrogen and oxygen atoms in total. The molecule has 2 unspecified atom stereocenters. The fourth-order valence-corrected chi connectivity index (χ4v) is 8.93. The molecule has 0 saturated carbocycles. The zero-order chi connectivity index (χ0) is 35.0. The smallest absolute Gasteiger partial charge is 0.434 e. The molecule has 6 aromatic rings. The Balaban J connectivity index is 1.21. The standard InChI is InChI=1S/C37H29F3N6O4S/c1-49-25-6-2-4-21-22(25)17-37(39,40)32(21)43-33-31-19(13-14-41-33)16-26(51-31)28-27(34-44-45-36(48)50-34)23(12-9-18-7-10-20(38)11-8-18)42-30-24-5-3-15-46(24)35(47)29(28)30/h2,4,6-8,10-11,13-14,16,24,32H,3,5,9,12,15,17H2,1H3,(H,41,43)(H,45,48). The van der Waals surface area contributed by atoms with Crippen LogP contribution in [0.4, 0.5) is 19.0 Å². The van der Waals surface area contributed by atoms with Gasteiger partial charge in [0.15, 0.2) is 0 Å². The predicted molar refractivity (Wildman–Crippen MR) is 184 cm³/mol. The van der Waals surface area contributed by atoms with Crippen LogP contribution >= 0.6 is 11.3 Å². The molecule has 1 aliphatic carbocycles. The molecular weight excluding hydrogens is 682 g/mol. The van der Waals surface area contributed by atoms with Crippen molar-refractivity contribution in [3.8, 4) is 27.6 Å². The highest BCUT2D eigenvalue weighted by Gasteiger charge is 2.49. The monoisotopic (exact) mass is 710 g/mol.